The molecule has 0 aliphatic heterocycles. The van der Waals surface area contributed by atoms with Crippen LogP contribution in [0.1, 0.15) is 16.1 Å². The quantitative estimate of drug-likeness (QED) is 0.845. The number of carbonyl (C=O) groups excluding carboxylic acids is 1. The van der Waals surface area contributed by atoms with E-state index in [2.05, 4.69) is 26.2 Å². The molecule has 0 fully saturated rings. The monoisotopic (exact) mass is 354 g/mol. The molecule has 2 aromatic rings. The summed E-state index contributed by atoms with van der Waals surface area (Å²) < 4.78 is 6.05. The first-order valence-electron chi connectivity index (χ1n) is 5.79. The van der Waals surface area contributed by atoms with Gasteiger partial charge in [0, 0.05) is 4.47 Å². The Morgan fingerprint density at radius 3 is 2.75 bits per heavy atom. The van der Waals surface area contributed by atoms with Crippen LogP contribution in [0, 0.1) is 6.92 Å². The summed E-state index contributed by atoms with van der Waals surface area (Å²) in [7, 11) is 1.52. The molecule has 0 atom stereocenters. The highest BCUT2D eigenvalue weighted by molar-refractivity contribution is 9.10. The van der Waals surface area contributed by atoms with Crippen LogP contribution < -0.4 is 10.1 Å². The third-order valence-electron chi connectivity index (χ3n) is 2.71. The van der Waals surface area contributed by atoms with Crippen molar-refractivity contribution in [2.45, 2.75) is 6.92 Å². The Kier molecular flexibility index (Phi) is 4.62. The highest BCUT2D eigenvalue weighted by Gasteiger charge is 2.14. The fourth-order valence-electron chi connectivity index (χ4n) is 1.70. The number of rotatable bonds is 3. The molecule has 0 radical (unpaired) electrons. The number of amides is 1. The lowest BCUT2D eigenvalue weighted by molar-refractivity contribution is 0.102. The maximum absolute atomic E-state index is 12.3. The summed E-state index contributed by atoms with van der Waals surface area (Å²) in [5.74, 6) is 0.234. The van der Waals surface area contributed by atoms with Crippen molar-refractivity contribution in [3.05, 3.63) is 51.2 Å². The molecule has 4 nitrogen and oxygen atoms in total. The number of methoxy groups -OCH3 is 1. The van der Waals surface area contributed by atoms with Crippen molar-refractivity contribution in [2.24, 2.45) is 0 Å². The van der Waals surface area contributed by atoms with Crippen LogP contribution >= 0.6 is 27.5 Å². The van der Waals surface area contributed by atoms with E-state index in [1.54, 1.807) is 37.3 Å². The Hall–Kier alpha value is -1.59. The Bertz CT molecular complexity index is 662. The van der Waals surface area contributed by atoms with E-state index in [0.717, 1.165) is 4.47 Å². The molecule has 0 aliphatic rings. The van der Waals surface area contributed by atoms with Gasteiger partial charge in [0.05, 0.1) is 24.1 Å². The fraction of sp³-hybridized carbons (Fsp3) is 0.143. The molecule has 0 saturated carbocycles. The molecule has 1 aromatic carbocycles. The number of nitrogens with one attached hydrogen (secondary N) is 1. The first-order valence-corrected chi connectivity index (χ1v) is 6.96. The van der Waals surface area contributed by atoms with Gasteiger partial charge in [0.25, 0.3) is 5.91 Å². The van der Waals surface area contributed by atoms with E-state index in [9.17, 15) is 4.79 Å². The first-order chi connectivity index (χ1) is 9.51. The molecule has 20 heavy (non-hydrogen) atoms. The summed E-state index contributed by atoms with van der Waals surface area (Å²) in [6, 6.07) is 8.56. The average molecular weight is 356 g/mol. The standard InChI is InChI=1S/C14H12BrClN2O2/c1-8-11(5-6-13(16)17-8)18-14(19)10-4-3-9(15)7-12(10)20-2/h3-7H,1-2H3,(H,18,19). The van der Waals surface area contributed by atoms with Gasteiger partial charge in [0.2, 0.25) is 0 Å². The van der Waals surface area contributed by atoms with E-state index in [1.807, 2.05) is 0 Å². The summed E-state index contributed by atoms with van der Waals surface area (Å²) >= 11 is 9.12. The van der Waals surface area contributed by atoms with E-state index < -0.39 is 0 Å². The summed E-state index contributed by atoms with van der Waals surface area (Å²) in [5.41, 5.74) is 1.72. The molecule has 1 heterocycles. The minimum Gasteiger partial charge on any atom is -0.496 e. The van der Waals surface area contributed by atoms with Crippen molar-refractivity contribution in [2.75, 3.05) is 12.4 Å². The van der Waals surface area contributed by atoms with Gasteiger partial charge in [0.1, 0.15) is 10.9 Å². The van der Waals surface area contributed by atoms with Gasteiger partial charge in [-0.05, 0) is 37.3 Å². The molecule has 104 valence electrons. The molecule has 0 saturated heterocycles. The van der Waals surface area contributed by atoms with Crippen LogP contribution in [0.4, 0.5) is 5.69 Å². The van der Waals surface area contributed by atoms with Crippen LogP contribution in [0.2, 0.25) is 5.15 Å². The Labute approximate surface area is 130 Å². The second kappa shape index (κ2) is 6.24. The number of aryl methyl sites for hydroxylation is 1. The molecule has 0 unspecified atom stereocenters. The van der Waals surface area contributed by atoms with Gasteiger partial charge >= 0.3 is 0 Å². The topological polar surface area (TPSA) is 51.2 Å². The van der Waals surface area contributed by atoms with Crippen LogP contribution in [-0.2, 0) is 0 Å². The van der Waals surface area contributed by atoms with E-state index in [0.29, 0.717) is 27.8 Å². The molecular weight excluding hydrogens is 344 g/mol. The maximum Gasteiger partial charge on any atom is 0.259 e. The molecule has 1 amide bonds. The van der Waals surface area contributed by atoms with Crippen LogP contribution in [0.3, 0.4) is 0 Å². The minimum absolute atomic E-state index is 0.262. The van der Waals surface area contributed by atoms with Crippen LogP contribution in [0.5, 0.6) is 5.75 Å². The van der Waals surface area contributed by atoms with Crippen LogP contribution in [-0.4, -0.2) is 18.0 Å². The number of halogens is 2. The van der Waals surface area contributed by atoms with Gasteiger partial charge < -0.3 is 10.1 Å². The summed E-state index contributed by atoms with van der Waals surface area (Å²) in [5, 5.41) is 3.18. The third-order valence-corrected chi connectivity index (χ3v) is 3.41. The zero-order chi connectivity index (χ0) is 14.7. The van der Waals surface area contributed by atoms with Gasteiger partial charge in [-0.3, -0.25) is 4.79 Å². The summed E-state index contributed by atoms with van der Waals surface area (Å²) in [4.78, 5) is 16.4. The maximum atomic E-state index is 12.3. The van der Waals surface area contributed by atoms with Crippen molar-refractivity contribution in [1.82, 2.24) is 4.98 Å². The Balaban J connectivity index is 2.28. The number of anilines is 1. The summed E-state index contributed by atoms with van der Waals surface area (Å²) in [6.45, 7) is 1.78. The smallest absolute Gasteiger partial charge is 0.259 e. The number of ether oxygens (including phenoxy) is 1. The number of pyridine rings is 1. The van der Waals surface area contributed by atoms with Gasteiger partial charge in [-0.1, -0.05) is 27.5 Å². The molecule has 0 spiro atoms. The summed E-state index contributed by atoms with van der Waals surface area (Å²) in [6.07, 6.45) is 0. The molecule has 2 rings (SSSR count). The van der Waals surface area contributed by atoms with E-state index in [-0.39, 0.29) is 5.91 Å². The highest BCUT2D eigenvalue weighted by atomic mass is 79.9. The lowest BCUT2D eigenvalue weighted by Gasteiger charge is -2.11. The SMILES string of the molecule is COc1cc(Br)ccc1C(=O)Nc1ccc(Cl)nc1C. The number of hydrogen-bond acceptors (Lipinski definition) is 3. The highest BCUT2D eigenvalue weighted by Crippen LogP contribution is 2.25. The number of benzene rings is 1. The molecule has 0 bridgehead atoms. The largest absolute Gasteiger partial charge is 0.496 e. The zero-order valence-corrected chi connectivity index (χ0v) is 13.2. The van der Waals surface area contributed by atoms with Crippen molar-refractivity contribution >= 4 is 39.1 Å². The van der Waals surface area contributed by atoms with Crippen LogP contribution in [0.25, 0.3) is 0 Å². The van der Waals surface area contributed by atoms with E-state index in [1.165, 1.54) is 7.11 Å². The molecule has 1 aromatic heterocycles. The first kappa shape index (κ1) is 14.8. The normalized spacial score (nSPS) is 10.2. The minimum atomic E-state index is -0.262. The molecule has 0 aliphatic carbocycles. The van der Waals surface area contributed by atoms with Crippen molar-refractivity contribution < 1.29 is 9.53 Å². The Morgan fingerprint density at radius 2 is 2.10 bits per heavy atom. The zero-order valence-electron chi connectivity index (χ0n) is 10.9. The average Bonchev–Trinajstić information content (AvgIpc) is 2.41. The number of aromatic nitrogens is 1. The lowest BCUT2D eigenvalue weighted by atomic mass is 10.2. The van der Waals surface area contributed by atoms with E-state index >= 15 is 0 Å². The third kappa shape index (κ3) is 3.29. The van der Waals surface area contributed by atoms with Gasteiger partial charge in [-0.15, -0.1) is 0 Å². The van der Waals surface area contributed by atoms with Gasteiger partial charge in [0.15, 0.2) is 0 Å². The van der Waals surface area contributed by atoms with E-state index in [4.69, 9.17) is 16.3 Å². The molecular formula is C14H12BrClN2O2. The van der Waals surface area contributed by atoms with Crippen molar-refractivity contribution in [3.8, 4) is 5.75 Å². The molecule has 6 heteroatoms. The second-order valence-electron chi connectivity index (χ2n) is 4.07. The second-order valence-corrected chi connectivity index (χ2v) is 5.37. The van der Waals surface area contributed by atoms with Gasteiger partial charge in [-0.25, -0.2) is 4.98 Å². The van der Waals surface area contributed by atoms with Gasteiger partial charge in [-0.2, -0.15) is 0 Å². The Morgan fingerprint density at radius 1 is 1.35 bits per heavy atom. The number of nitrogens with zero attached hydrogens (tertiary/aromatic N) is 1. The van der Waals surface area contributed by atoms with Crippen molar-refractivity contribution in [3.63, 3.8) is 0 Å². The number of hydrogen-bond donors (Lipinski definition) is 1. The predicted octanol–water partition coefficient (Wildman–Crippen LogP) is 4.07. The molecule has 1 N–H and O–H groups in total. The lowest BCUT2D eigenvalue weighted by Crippen LogP contribution is -2.14. The van der Waals surface area contributed by atoms with Crippen molar-refractivity contribution in [1.29, 1.82) is 0 Å². The fourth-order valence-corrected chi connectivity index (χ4v) is 2.23. The predicted molar refractivity (Wildman–Crippen MR) is 82.6 cm³/mol. The van der Waals surface area contributed by atoms with Crippen LogP contribution in [0.15, 0.2) is 34.8 Å². The number of carbonyl (C=O) groups is 1.